The molecule has 0 saturated heterocycles. The number of nitrogens with one attached hydrogen (secondary N) is 1. The second-order valence-electron chi connectivity index (χ2n) is 4.15. The maximum atomic E-state index is 11.9. The quantitative estimate of drug-likeness (QED) is 0.739. The lowest BCUT2D eigenvalue weighted by Crippen LogP contribution is -2.41. The van der Waals surface area contributed by atoms with E-state index in [1.165, 1.54) is 17.8 Å². The van der Waals surface area contributed by atoms with Crippen LogP contribution < -0.4 is 5.32 Å². The van der Waals surface area contributed by atoms with E-state index < -0.39 is 17.9 Å². The van der Waals surface area contributed by atoms with E-state index in [-0.39, 0.29) is 11.3 Å². The van der Waals surface area contributed by atoms with Crippen LogP contribution in [-0.4, -0.2) is 40.1 Å². The lowest BCUT2D eigenvalue weighted by atomic mass is 10.1. The van der Waals surface area contributed by atoms with Crippen molar-refractivity contribution in [2.45, 2.75) is 19.4 Å². The zero-order valence-electron chi connectivity index (χ0n) is 10.8. The Kier molecular flexibility index (Phi) is 5.69. The highest BCUT2D eigenvalue weighted by molar-refractivity contribution is 7.98. The molecule has 104 valence electrons. The average Bonchev–Trinajstić information content (AvgIpc) is 2.37. The summed E-state index contributed by atoms with van der Waals surface area (Å²) in [5.74, 6) is -0.887. The number of carbonyl (C=O) groups excluding carboxylic acids is 1. The van der Waals surface area contributed by atoms with Gasteiger partial charge in [-0.3, -0.25) is 4.79 Å². The van der Waals surface area contributed by atoms with Crippen molar-refractivity contribution in [2.24, 2.45) is 0 Å². The summed E-state index contributed by atoms with van der Waals surface area (Å²) in [6, 6.07) is 3.58. The summed E-state index contributed by atoms with van der Waals surface area (Å²) >= 11 is 1.52. The largest absolute Gasteiger partial charge is 0.508 e. The molecule has 1 atom stereocenters. The average molecular weight is 283 g/mol. The highest BCUT2D eigenvalue weighted by Crippen LogP contribution is 2.17. The molecule has 0 heterocycles. The number of phenols is 1. The van der Waals surface area contributed by atoms with E-state index in [1.807, 2.05) is 6.26 Å². The molecule has 1 amide bonds. The summed E-state index contributed by atoms with van der Waals surface area (Å²) in [5.41, 5.74) is 0.909. The van der Waals surface area contributed by atoms with Crippen molar-refractivity contribution in [2.75, 3.05) is 12.0 Å². The van der Waals surface area contributed by atoms with Gasteiger partial charge in [-0.25, -0.2) is 4.79 Å². The third-order valence-electron chi connectivity index (χ3n) is 2.69. The molecular formula is C13H17NO4S. The van der Waals surface area contributed by atoms with Gasteiger partial charge < -0.3 is 15.5 Å². The van der Waals surface area contributed by atoms with Crippen LogP contribution in [0.4, 0.5) is 0 Å². The van der Waals surface area contributed by atoms with Gasteiger partial charge in [0.2, 0.25) is 0 Å². The van der Waals surface area contributed by atoms with Crippen molar-refractivity contribution in [1.29, 1.82) is 0 Å². The van der Waals surface area contributed by atoms with Crippen LogP contribution in [0, 0.1) is 6.92 Å². The normalized spacial score (nSPS) is 11.9. The predicted octanol–water partition coefficient (Wildman–Crippen LogP) is 1.64. The van der Waals surface area contributed by atoms with Gasteiger partial charge in [0, 0.05) is 5.56 Å². The lowest BCUT2D eigenvalue weighted by molar-refractivity contribution is -0.139. The first kappa shape index (κ1) is 15.4. The fourth-order valence-corrected chi connectivity index (χ4v) is 1.96. The molecule has 5 nitrogen and oxygen atoms in total. The van der Waals surface area contributed by atoms with Gasteiger partial charge in [-0.15, -0.1) is 0 Å². The molecule has 0 saturated carbocycles. The zero-order chi connectivity index (χ0) is 14.4. The third-order valence-corrected chi connectivity index (χ3v) is 3.33. The van der Waals surface area contributed by atoms with Crippen LogP contribution in [0.1, 0.15) is 22.3 Å². The van der Waals surface area contributed by atoms with Crippen LogP contribution in [0.15, 0.2) is 18.2 Å². The smallest absolute Gasteiger partial charge is 0.326 e. The third kappa shape index (κ3) is 4.48. The van der Waals surface area contributed by atoms with Crippen molar-refractivity contribution in [1.82, 2.24) is 5.32 Å². The fourth-order valence-electron chi connectivity index (χ4n) is 1.49. The Morgan fingerprint density at radius 2 is 2.11 bits per heavy atom. The number of hydrogen-bond donors (Lipinski definition) is 3. The van der Waals surface area contributed by atoms with E-state index in [2.05, 4.69) is 5.32 Å². The Bertz CT molecular complexity index is 476. The Hall–Kier alpha value is -1.69. The van der Waals surface area contributed by atoms with Crippen LogP contribution in [0.5, 0.6) is 5.75 Å². The zero-order valence-corrected chi connectivity index (χ0v) is 11.7. The molecule has 0 fully saturated rings. The number of carboxylic acid groups (broad SMARTS) is 1. The van der Waals surface area contributed by atoms with E-state index >= 15 is 0 Å². The number of hydrogen-bond acceptors (Lipinski definition) is 4. The summed E-state index contributed by atoms with van der Waals surface area (Å²) in [6.45, 7) is 1.72. The van der Waals surface area contributed by atoms with Gasteiger partial charge in [0.1, 0.15) is 11.8 Å². The molecule has 0 aliphatic carbocycles. The summed E-state index contributed by atoms with van der Waals surface area (Å²) in [7, 11) is 0. The standard InChI is InChI=1S/C13H17NO4S/c1-8-3-4-9(7-11(8)15)12(16)14-10(13(17)18)5-6-19-2/h3-4,7,10,15H,5-6H2,1-2H3,(H,14,16)(H,17,18)/t10-/m0/s1. The van der Waals surface area contributed by atoms with Crippen LogP contribution in [0.2, 0.25) is 0 Å². The number of phenolic OH excluding ortho intramolecular Hbond substituents is 1. The number of benzene rings is 1. The number of aromatic hydroxyl groups is 1. The molecule has 1 aromatic carbocycles. The van der Waals surface area contributed by atoms with Gasteiger partial charge >= 0.3 is 5.97 Å². The van der Waals surface area contributed by atoms with Crippen molar-refractivity contribution < 1.29 is 19.8 Å². The Balaban J connectivity index is 2.75. The topological polar surface area (TPSA) is 86.6 Å². The minimum Gasteiger partial charge on any atom is -0.508 e. The summed E-state index contributed by atoms with van der Waals surface area (Å²) in [4.78, 5) is 22.9. The molecule has 3 N–H and O–H groups in total. The van der Waals surface area contributed by atoms with Gasteiger partial charge in [-0.1, -0.05) is 6.07 Å². The highest BCUT2D eigenvalue weighted by Gasteiger charge is 2.20. The summed E-state index contributed by atoms with van der Waals surface area (Å²) in [6.07, 6.45) is 2.23. The molecule has 0 bridgehead atoms. The molecule has 0 spiro atoms. The number of carboxylic acids is 1. The van der Waals surface area contributed by atoms with E-state index in [0.717, 1.165) is 0 Å². The van der Waals surface area contributed by atoms with Gasteiger partial charge in [0.05, 0.1) is 0 Å². The van der Waals surface area contributed by atoms with Crippen molar-refractivity contribution in [3.63, 3.8) is 0 Å². The number of thioether (sulfide) groups is 1. The number of rotatable bonds is 6. The molecule has 1 rings (SSSR count). The molecule has 1 aromatic rings. The molecule has 0 aromatic heterocycles. The summed E-state index contributed by atoms with van der Waals surface area (Å²) < 4.78 is 0. The number of aryl methyl sites for hydroxylation is 1. The van der Waals surface area contributed by atoms with E-state index in [1.54, 1.807) is 19.1 Å². The monoisotopic (exact) mass is 283 g/mol. The van der Waals surface area contributed by atoms with Crippen LogP contribution in [0.25, 0.3) is 0 Å². The minimum absolute atomic E-state index is 0.0173. The van der Waals surface area contributed by atoms with Crippen LogP contribution >= 0.6 is 11.8 Å². The first-order chi connectivity index (χ1) is 8.95. The minimum atomic E-state index is -1.06. The first-order valence-electron chi connectivity index (χ1n) is 5.78. The maximum absolute atomic E-state index is 11.9. The van der Waals surface area contributed by atoms with Crippen LogP contribution in [0.3, 0.4) is 0 Å². The van der Waals surface area contributed by atoms with Gasteiger partial charge in [-0.05, 0) is 43.0 Å². The van der Waals surface area contributed by atoms with Crippen molar-refractivity contribution in [3.8, 4) is 5.75 Å². The Morgan fingerprint density at radius 1 is 1.42 bits per heavy atom. The first-order valence-corrected chi connectivity index (χ1v) is 7.17. The highest BCUT2D eigenvalue weighted by atomic mass is 32.2. The molecule has 0 aliphatic rings. The lowest BCUT2D eigenvalue weighted by Gasteiger charge is -2.14. The molecule has 0 unspecified atom stereocenters. The SMILES string of the molecule is CSCC[C@H](NC(=O)c1ccc(C)c(O)c1)C(=O)O. The fraction of sp³-hybridized carbons (Fsp3) is 0.385. The second-order valence-corrected chi connectivity index (χ2v) is 5.13. The van der Waals surface area contributed by atoms with Gasteiger partial charge in [0.25, 0.3) is 5.91 Å². The number of aliphatic carboxylic acids is 1. The van der Waals surface area contributed by atoms with E-state index in [4.69, 9.17) is 5.11 Å². The maximum Gasteiger partial charge on any atom is 0.326 e. The Morgan fingerprint density at radius 3 is 2.63 bits per heavy atom. The molecule has 0 radical (unpaired) electrons. The van der Waals surface area contributed by atoms with Crippen molar-refractivity contribution >= 4 is 23.6 Å². The molecular weight excluding hydrogens is 266 g/mol. The number of amides is 1. The summed E-state index contributed by atoms with van der Waals surface area (Å²) in [5, 5.41) is 21.0. The molecule has 0 aliphatic heterocycles. The predicted molar refractivity (Wildman–Crippen MR) is 74.7 cm³/mol. The van der Waals surface area contributed by atoms with Crippen molar-refractivity contribution in [3.05, 3.63) is 29.3 Å². The number of carbonyl (C=O) groups is 2. The van der Waals surface area contributed by atoms with Crippen LogP contribution in [-0.2, 0) is 4.79 Å². The van der Waals surface area contributed by atoms with Gasteiger partial charge in [0.15, 0.2) is 0 Å². The Labute approximate surface area is 116 Å². The van der Waals surface area contributed by atoms with E-state index in [9.17, 15) is 14.7 Å². The van der Waals surface area contributed by atoms with Gasteiger partial charge in [-0.2, -0.15) is 11.8 Å². The van der Waals surface area contributed by atoms with E-state index in [0.29, 0.717) is 17.7 Å². The molecule has 6 heteroatoms. The second kappa shape index (κ2) is 7.04. The molecule has 19 heavy (non-hydrogen) atoms.